The smallest absolute Gasteiger partial charge is 0.394 e. The number of ether oxygens (including phenoxy) is 2. The Morgan fingerprint density at radius 1 is 0.387 bits per heavy atom. The van der Waals surface area contributed by atoms with Crippen LogP contribution in [-0.4, -0.2) is 16.0 Å². The van der Waals surface area contributed by atoms with Gasteiger partial charge in [-0.2, -0.15) is 0 Å². The first-order valence-corrected chi connectivity index (χ1v) is 25.8. The molecule has 0 atom stereocenters. The number of non-ortho nitro benzene ring substituents is 2. The topological polar surface area (TPSA) is 122 Å². The Labute approximate surface area is 377 Å². The van der Waals surface area contributed by atoms with E-state index in [1.807, 2.05) is 0 Å². The van der Waals surface area contributed by atoms with E-state index in [4.69, 9.17) is 9.47 Å². The number of unbranched alkanes of at least 4 members (excludes halogenated alkanes) is 34. The first kappa shape index (κ1) is 54.6. The summed E-state index contributed by atoms with van der Waals surface area (Å²) in [6, 6.07) is 8.53. The van der Waals surface area contributed by atoms with Gasteiger partial charge in [-0.25, -0.2) is 4.79 Å². The van der Waals surface area contributed by atoms with Gasteiger partial charge >= 0.3 is 6.16 Å². The van der Waals surface area contributed by atoms with Gasteiger partial charge in [-0.05, 0) is 37.8 Å². The van der Waals surface area contributed by atoms with E-state index in [0.717, 1.165) is 38.5 Å². The monoisotopic (exact) mass is 865 g/mol. The first-order chi connectivity index (χ1) is 30.3. The van der Waals surface area contributed by atoms with Crippen molar-refractivity contribution < 1.29 is 24.1 Å². The summed E-state index contributed by atoms with van der Waals surface area (Å²) in [5.74, 6) is 0.471. The van der Waals surface area contributed by atoms with E-state index in [-0.39, 0.29) is 22.9 Å². The molecule has 0 aromatic heterocycles. The van der Waals surface area contributed by atoms with Crippen molar-refractivity contribution in [2.24, 2.45) is 0 Å². The fourth-order valence-electron chi connectivity index (χ4n) is 8.58. The van der Waals surface area contributed by atoms with Crippen molar-refractivity contribution in [3.8, 4) is 11.5 Å². The molecule has 2 aromatic carbocycles. The van der Waals surface area contributed by atoms with Crippen molar-refractivity contribution in [3.05, 3.63) is 67.8 Å². The van der Waals surface area contributed by atoms with Gasteiger partial charge in [-0.1, -0.05) is 232 Å². The summed E-state index contributed by atoms with van der Waals surface area (Å²) in [6.07, 6.45) is 46.3. The molecule has 9 heteroatoms. The molecule has 352 valence electrons. The number of aryl methyl sites for hydroxylation is 2. The fourth-order valence-corrected chi connectivity index (χ4v) is 8.58. The predicted octanol–water partition coefficient (Wildman–Crippen LogP) is 18.2. The Morgan fingerprint density at radius 2 is 0.613 bits per heavy atom. The zero-order valence-corrected chi connectivity index (χ0v) is 39.6. The van der Waals surface area contributed by atoms with Crippen molar-refractivity contribution in [1.82, 2.24) is 0 Å². The van der Waals surface area contributed by atoms with Crippen molar-refractivity contribution in [2.75, 3.05) is 0 Å². The molecular weight excluding hydrogens is 777 g/mol. The number of carbonyl (C=O) groups excluding carboxylic acids is 1. The standard InChI is InChI=1S/C53H88N2O7/c1-3-5-7-9-11-13-15-17-19-21-23-25-27-29-31-33-35-37-39-47-45-49(54(57)58)41-43-51(47)61-53(56)62-52-44-42-50(55(59)60)46-48(52)40-38-36-34-32-30-28-26-24-22-20-18-16-14-12-10-8-6-4-2/h41-46H,3-40H2,1-2H3. The van der Waals surface area contributed by atoms with Gasteiger partial charge in [0.2, 0.25) is 0 Å². The van der Waals surface area contributed by atoms with Crippen molar-refractivity contribution in [1.29, 1.82) is 0 Å². The lowest BCUT2D eigenvalue weighted by Gasteiger charge is -2.13. The summed E-state index contributed by atoms with van der Waals surface area (Å²) in [4.78, 5) is 35.4. The van der Waals surface area contributed by atoms with Crippen LogP contribution in [0.3, 0.4) is 0 Å². The average molecular weight is 865 g/mol. The van der Waals surface area contributed by atoms with Crippen LogP contribution in [0, 0.1) is 20.2 Å². The van der Waals surface area contributed by atoms with E-state index in [1.165, 1.54) is 229 Å². The van der Waals surface area contributed by atoms with Crippen LogP contribution >= 0.6 is 0 Å². The highest BCUT2D eigenvalue weighted by molar-refractivity contribution is 5.69. The molecule has 62 heavy (non-hydrogen) atoms. The molecule has 0 saturated carbocycles. The molecule has 0 unspecified atom stereocenters. The van der Waals surface area contributed by atoms with Crippen LogP contribution in [0.5, 0.6) is 11.5 Å². The highest BCUT2D eigenvalue weighted by Gasteiger charge is 2.19. The van der Waals surface area contributed by atoms with Gasteiger partial charge in [-0.3, -0.25) is 20.2 Å². The van der Waals surface area contributed by atoms with Gasteiger partial charge in [0.15, 0.2) is 0 Å². The van der Waals surface area contributed by atoms with Crippen LogP contribution in [0.1, 0.15) is 256 Å². The first-order valence-electron chi connectivity index (χ1n) is 25.8. The SMILES string of the molecule is CCCCCCCCCCCCCCCCCCCCc1cc([N+](=O)[O-])ccc1OC(=O)Oc1ccc([N+](=O)[O-])cc1CCCCCCCCCCCCCCCCCCCC. The molecule has 0 N–H and O–H groups in total. The number of nitrogens with zero attached hydrogens (tertiary/aromatic N) is 2. The normalized spacial score (nSPS) is 11.3. The Bertz CT molecular complexity index is 1340. The summed E-state index contributed by atoms with van der Waals surface area (Å²) in [5, 5.41) is 23.2. The summed E-state index contributed by atoms with van der Waals surface area (Å²) < 4.78 is 11.3. The third-order valence-electron chi connectivity index (χ3n) is 12.5. The molecule has 0 spiro atoms. The van der Waals surface area contributed by atoms with E-state index >= 15 is 0 Å². The number of hydrogen-bond acceptors (Lipinski definition) is 7. The quantitative estimate of drug-likeness (QED) is 0.0214. The summed E-state index contributed by atoms with van der Waals surface area (Å²) >= 11 is 0. The highest BCUT2D eigenvalue weighted by atomic mass is 16.7. The Morgan fingerprint density at radius 3 is 0.839 bits per heavy atom. The lowest BCUT2D eigenvalue weighted by Crippen LogP contribution is -2.16. The van der Waals surface area contributed by atoms with E-state index in [2.05, 4.69) is 13.8 Å². The van der Waals surface area contributed by atoms with Crippen LogP contribution in [0.25, 0.3) is 0 Å². The molecule has 0 aliphatic heterocycles. The third kappa shape index (κ3) is 28.2. The lowest BCUT2D eigenvalue weighted by molar-refractivity contribution is -0.385. The predicted molar refractivity (Wildman–Crippen MR) is 258 cm³/mol. The van der Waals surface area contributed by atoms with Gasteiger partial charge in [0.1, 0.15) is 11.5 Å². The minimum Gasteiger partial charge on any atom is -0.394 e. The third-order valence-corrected chi connectivity index (χ3v) is 12.5. The molecule has 0 aliphatic rings. The van der Waals surface area contributed by atoms with E-state index in [1.54, 1.807) is 0 Å². The van der Waals surface area contributed by atoms with Crippen LogP contribution < -0.4 is 9.47 Å². The zero-order valence-electron chi connectivity index (χ0n) is 39.6. The number of benzene rings is 2. The molecule has 0 radical (unpaired) electrons. The van der Waals surface area contributed by atoms with Crippen LogP contribution in [-0.2, 0) is 12.8 Å². The maximum Gasteiger partial charge on any atom is 0.519 e. The molecular formula is C53H88N2O7. The van der Waals surface area contributed by atoms with Crippen molar-refractivity contribution in [3.63, 3.8) is 0 Å². The summed E-state index contributed by atoms with van der Waals surface area (Å²) in [7, 11) is 0. The van der Waals surface area contributed by atoms with E-state index in [0.29, 0.717) is 24.0 Å². The van der Waals surface area contributed by atoms with E-state index < -0.39 is 16.0 Å². The minimum absolute atomic E-state index is 0.0508. The number of rotatable bonds is 42. The second kappa shape index (κ2) is 38.0. The second-order valence-electron chi connectivity index (χ2n) is 18.1. The lowest BCUT2D eigenvalue weighted by atomic mass is 10.0. The zero-order chi connectivity index (χ0) is 44.7. The number of hydrogen-bond donors (Lipinski definition) is 0. The molecule has 0 saturated heterocycles. The van der Waals surface area contributed by atoms with Crippen LogP contribution in [0.15, 0.2) is 36.4 Å². The molecule has 9 nitrogen and oxygen atoms in total. The molecule has 0 heterocycles. The molecule has 2 rings (SSSR count). The average Bonchev–Trinajstić information content (AvgIpc) is 3.26. The van der Waals surface area contributed by atoms with Crippen molar-refractivity contribution >= 4 is 17.5 Å². The highest BCUT2D eigenvalue weighted by Crippen LogP contribution is 2.30. The maximum absolute atomic E-state index is 13.1. The number of carbonyl (C=O) groups is 1. The van der Waals surface area contributed by atoms with Gasteiger partial charge < -0.3 is 9.47 Å². The van der Waals surface area contributed by atoms with Crippen LogP contribution in [0.2, 0.25) is 0 Å². The Hall–Kier alpha value is -3.49. The Balaban J connectivity index is 1.68. The largest absolute Gasteiger partial charge is 0.519 e. The summed E-state index contributed by atoms with van der Waals surface area (Å²) in [5.41, 5.74) is 1.08. The van der Waals surface area contributed by atoms with Gasteiger partial charge in [0, 0.05) is 35.4 Å². The fraction of sp³-hybridized carbons (Fsp3) is 0.755. The van der Waals surface area contributed by atoms with Gasteiger partial charge in [-0.15, -0.1) is 0 Å². The Kier molecular flexibility index (Phi) is 33.5. The van der Waals surface area contributed by atoms with Crippen LogP contribution in [0.4, 0.5) is 16.2 Å². The second-order valence-corrected chi connectivity index (χ2v) is 18.1. The van der Waals surface area contributed by atoms with Crippen molar-refractivity contribution in [2.45, 2.75) is 258 Å². The molecule has 0 amide bonds. The molecule has 0 fully saturated rings. The maximum atomic E-state index is 13.1. The molecule has 2 aromatic rings. The van der Waals surface area contributed by atoms with E-state index in [9.17, 15) is 25.0 Å². The minimum atomic E-state index is -0.967. The molecule has 0 bridgehead atoms. The van der Waals surface area contributed by atoms with Gasteiger partial charge in [0.25, 0.3) is 11.4 Å². The van der Waals surface area contributed by atoms with Gasteiger partial charge in [0.05, 0.1) is 9.85 Å². The summed E-state index contributed by atoms with van der Waals surface area (Å²) in [6.45, 7) is 4.54. The number of nitro benzene ring substituents is 2. The number of nitro groups is 2. The molecule has 0 aliphatic carbocycles.